The SMILES string of the molecule is CCCOCCC(NCC)c1ccsc1C. The third-order valence-electron chi connectivity index (χ3n) is 2.62. The second-order valence-electron chi connectivity index (χ2n) is 3.94. The molecule has 2 nitrogen and oxygen atoms in total. The lowest BCUT2D eigenvalue weighted by molar-refractivity contribution is 0.124. The molecule has 0 aliphatic carbocycles. The van der Waals surface area contributed by atoms with E-state index in [1.807, 2.05) is 11.3 Å². The predicted octanol–water partition coefficient (Wildman–Crippen LogP) is 3.52. The maximum Gasteiger partial charge on any atom is 0.0484 e. The molecule has 0 aliphatic rings. The first-order chi connectivity index (χ1) is 7.79. The summed E-state index contributed by atoms with van der Waals surface area (Å²) >= 11 is 1.82. The van der Waals surface area contributed by atoms with Crippen molar-refractivity contribution in [1.29, 1.82) is 0 Å². The van der Waals surface area contributed by atoms with Gasteiger partial charge in [0.15, 0.2) is 0 Å². The summed E-state index contributed by atoms with van der Waals surface area (Å²) in [6.07, 6.45) is 2.16. The largest absolute Gasteiger partial charge is 0.381 e. The molecule has 0 saturated heterocycles. The zero-order valence-electron chi connectivity index (χ0n) is 10.6. The highest BCUT2D eigenvalue weighted by molar-refractivity contribution is 7.10. The molecule has 0 aliphatic heterocycles. The van der Waals surface area contributed by atoms with Crippen LogP contribution in [0.4, 0.5) is 0 Å². The summed E-state index contributed by atoms with van der Waals surface area (Å²) in [5.74, 6) is 0. The summed E-state index contributed by atoms with van der Waals surface area (Å²) in [4.78, 5) is 1.42. The Balaban J connectivity index is 2.45. The quantitative estimate of drug-likeness (QED) is 0.703. The van der Waals surface area contributed by atoms with E-state index in [2.05, 4.69) is 37.5 Å². The van der Waals surface area contributed by atoms with Crippen molar-refractivity contribution < 1.29 is 4.74 Å². The van der Waals surface area contributed by atoms with Crippen molar-refractivity contribution in [3.63, 3.8) is 0 Å². The van der Waals surface area contributed by atoms with Crippen molar-refractivity contribution in [3.05, 3.63) is 21.9 Å². The van der Waals surface area contributed by atoms with E-state index >= 15 is 0 Å². The molecule has 1 unspecified atom stereocenters. The Morgan fingerprint density at radius 1 is 1.38 bits per heavy atom. The molecule has 0 fully saturated rings. The van der Waals surface area contributed by atoms with E-state index in [0.717, 1.165) is 32.6 Å². The third-order valence-corrected chi connectivity index (χ3v) is 3.49. The maximum absolute atomic E-state index is 5.56. The molecule has 1 N–H and O–H groups in total. The highest BCUT2D eigenvalue weighted by Crippen LogP contribution is 2.24. The fourth-order valence-electron chi connectivity index (χ4n) is 1.82. The number of aryl methyl sites for hydroxylation is 1. The van der Waals surface area contributed by atoms with Gasteiger partial charge >= 0.3 is 0 Å². The molecule has 1 aromatic rings. The standard InChI is InChI=1S/C13H23NOS/c1-4-8-15-9-6-13(14-5-2)12-7-10-16-11(12)3/h7,10,13-14H,4-6,8-9H2,1-3H3. The van der Waals surface area contributed by atoms with Gasteiger partial charge in [-0.25, -0.2) is 0 Å². The number of ether oxygens (including phenoxy) is 1. The molecule has 0 spiro atoms. The Morgan fingerprint density at radius 3 is 2.75 bits per heavy atom. The van der Waals surface area contributed by atoms with E-state index in [9.17, 15) is 0 Å². The van der Waals surface area contributed by atoms with E-state index in [1.54, 1.807) is 0 Å². The molecule has 0 radical (unpaired) electrons. The first kappa shape index (κ1) is 13.7. The molecule has 0 aromatic carbocycles. The third kappa shape index (κ3) is 4.24. The van der Waals surface area contributed by atoms with Crippen LogP contribution < -0.4 is 5.32 Å². The van der Waals surface area contributed by atoms with Crippen LogP contribution in [0.3, 0.4) is 0 Å². The average molecular weight is 241 g/mol. The minimum absolute atomic E-state index is 0.452. The van der Waals surface area contributed by atoms with E-state index in [4.69, 9.17) is 4.74 Å². The van der Waals surface area contributed by atoms with Crippen molar-refractivity contribution in [1.82, 2.24) is 5.32 Å². The molecule has 1 aromatic heterocycles. The zero-order valence-corrected chi connectivity index (χ0v) is 11.4. The van der Waals surface area contributed by atoms with Crippen LogP contribution in [0.5, 0.6) is 0 Å². The lowest BCUT2D eigenvalue weighted by atomic mass is 10.1. The van der Waals surface area contributed by atoms with Crippen LogP contribution in [0.1, 0.15) is 43.2 Å². The van der Waals surface area contributed by atoms with Gasteiger partial charge in [0.1, 0.15) is 0 Å². The monoisotopic (exact) mass is 241 g/mol. The van der Waals surface area contributed by atoms with Crippen LogP contribution in [0.15, 0.2) is 11.4 Å². The molecule has 16 heavy (non-hydrogen) atoms. The Kier molecular flexibility index (Phi) is 6.69. The minimum atomic E-state index is 0.452. The van der Waals surface area contributed by atoms with Crippen molar-refractivity contribution in [2.24, 2.45) is 0 Å². The molecule has 92 valence electrons. The molecule has 0 saturated carbocycles. The number of hydrogen-bond donors (Lipinski definition) is 1. The van der Waals surface area contributed by atoms with Gasteiger partial charge < -0.3 is 10.1 Å². The molecule has 1 atom stereocenters. The second-order valence-corrected chi connectivity index (χ2v) is 5.06. The van der Waals surface area contributed by atoms with Crippen molar-refractivity contribution in [2.45, 2.75) is 39.7 Å². The van der Waals surface area contributed by atoms with Gasteiger partial charge in [0.05, 0.1) is 0 Å². The molecule has 0 bridgehead atoms. The van der Waals surface area contributed by atoms with E-state index in [0.29, 0.717) is 6.04 Å². The Hall–Kier alpha value is -0.380. The van der Waals surface area contributed by atoms with Crippen LogP contribution >= 0.6 is 11.3 Å². The summed E-state index contributed by atoms with van der Waals surface area (Å²) in [5, 5.41) is 5.70. The molecular formula is C13H23NOS. The molecule has 1 rings (SSSR count). The van der Waals surface area contributed by atoms with E-state index < -0.39 is 0 Å². The van der Waals surface area contributed by atoms with Crippen LogP contribution in [0, 0.1) is 6.92 Å². The van der Waals surface area contributed by atoms with Gasteiger partial charge in [-0.3, -0.25) is 0 Å². The highest BCUT2D eigenvalue weighted by atomic mass is 32.1. The lowest BCUT2D eigenvalue weighted by Crippen LogP contribution is -2.22. The average Bonchev–Trinajstić information content (AvgIpc) is 2.69. The predicted molar refractivity (Wildman–Crippen MR) is 71.2 cm³/mol. The van der Waals surface area contributed by atoms with Gasteiger partial charge in [-0.15, -0.1) is 11.3 Å². The summed E-state index contributed by atoms with van der Waals surface area (Å²) in [7, 11) is 0. The lowest BCUT2D eigenvalue weighted by Gasteiger charge is -2.18. The Labute approximate surface area is 103 Å². The van der Waals surface area contributed by atoms with E-state index in [1.165, 1.54) is 10.4 Å². The van der Waals surface area contributed by atoms with Crippen molar-refractivity contribution >= 4 is 11.3 Å². The van der Waals surface area contributed by atoms with Gasteiger partial charge in [0, 0.05) is 24.1 Å². The topological polar surface area (TPSA) is 21.3 Å². The summed E-state index contributed by atoms with van der Waals surface area (Å²) in [6, 6.07) is 2.68. The van der Waals surface area contributed by atoms with Crippen molar-refractivity contribution in [2.75, 3.05) is 19.8 Å². The number of hydrogen-bond acceptors (Lipinski definition) is 3. The number of nitrogens with one attached hydrogen (secondary N) is 1. The Morgan fingerprint density at radius 2 is 2.19 bits per heavy atom. The molecule has 3 heteroatoms. The van der Waals surface area contributed by atoms with Crippen LogP contribution in [-0.4, -0.2) is 19.8 Å². The van der Waals surface area contributed by atoms with Gasteiger partial charge in [0.25, 0.3) is 0 Å². The highest BCUT2D eigenvalue weighted by Gasteiger charge is 2.13. The first-order valence-corrected chi connectivity index (χ1v) is 7.02. The summed E-state index contributed by atoms with van der Waals surface area (Å²) in [5.41, 5.74) is 1.44. The molecular weight excluding hydrogens is 218 g/mol. The summed E-state index contributed by atoms with van der Waals surface area (Å²) < 4.78 is 5.56. The maximum atomic E-state index is 5.56. The van der Waals surface area contributed by atoms with Gasteiger partial charge in [-0.2, -0.15) is 0 Å². The van der Waals surface area contributed by atoms with E-state index in [-0.39, 0.29) is 0 Å². The van der Waals surface area contributed by atoms with Crippen LogP contribution in [0.25, 0.3) is 0 Å². The van der Waals surface area contributed by atoms with Crippen LogP contribution in [-0.2, 0) is 4.74 Å². The smallest absolute Gasteiger partial charge is 0.0484 e. The number of thiophene rings is 1. The summed E-state index contributed by atoms with van der Waals surface area (Å²) in [6.45, 7) is 9.22. The van der Waals surface area contributed by atoms with Crippen molar-refractivity contribution in [3.8, 4) is 0 Å². The second kappa shape index (κ2) is 7.82. The van der Waals surface area contributed by atoms with Gasteiger partial charge in [-0.05, 0) is 43.3 Å². The van der Waals surface area contributed by atoms with Gasteiger partial charge in [0.2, 0.25) is 0 Å². The zero-order chi connectivity index (χ0) is 11.8. The first-order valence-electron chi connectivity index (χ1n) is 6.14. The minimum Gasteiger partial charge on any atom is -0.381 e. The van der Waals surface area contributed by atoms with Crippen LogP contribution in [0.2, 0.25) is 0 Å². The fourth-order valence-corrected chi connectivity index (χ4v) is 2.58. The fraction of sp³-hybridized carbons (Fsp3) is 0.692. The normalized spacial score (nSPS) is 12.9. The Bertz CT molecular complexity index is 285. The molecule has 1 heterocycles. The van der Waals surface area contributed by atoms with Gasteiger partial charge in [-0.1, -0.05) is 13.8 Å². The molecule has 0 amide bonds. The number of rotatable bonds is 8.